The number of carbonyl (C=O) groups excluding carboxylic acids is 2. The maximum absolute atomic E-state index is 12.9. The Morgan fingerprint density at radius 3 is 2.17 bits per heavy atom. The lowest BCUT2D eigenvalue weighted by molar-refractivity contribution is -0.125. The van der Waals surface area contributed by atoms with Crippen LogP contribution in [0.15, 0.2) is 66.9 Å². The van der Waals surface area contributed by atoms with Gasteiger partial charge in [-0.1, -0.05) is 62.4 Å². The van der Waals surface area contributed by atoms with Crippen LogP contribution in [0.5, 0.6) is 0 Å². The third kappa shape index (κ3) is 3.08. The van der Waals surface area contributed by atoms with E-state index >= 15 is 0 Å². The fourth-order valence-corrected chi connectivity index (χ4v) is 2.89. The first-order valence-corrected chi connectivity index (χ1v) is 8.04. The summed E-state index contributed by atoms with van der Waals surface area (Å²) in [6, 6.07) is 18.1. The molecule has 0 spiro atoms. The van der Waals surface area contributed by atoms with Gasteiger partial charge in [0.2, 0.25) is 5.91 Å². The molecule has 0 bridgehead atoms. The van der Waals surface area contributed by atoms with Crippen LogP contribution in [0.4, 0.5) is 0 Å². The molecule has 24 heavy (non-hydrogen) atoms. The zero-order valence-corrected chi connectivity index (χ0v) is 13.8. The Hall–Kier alpha value is -2.88. The van der Waals surface area contributed by atoms with Crippen LogP contribution in [0.2, 0.25) is 0 Å². The predicted molar refractivity (Wildman–Crippen MR) is 93.8 cm³/mol. The van der Waals surface area contributed by atoms with Gasteiger partial charge in [-0.3, -0.25) is 9.59 Å². The summed E-state index contributed by atoms with van der Waals surface area (Å²) >= 11 is 0. The molecule has 2 amide bonds. The zero-order valence-electron chi connectivity index (χ0n) is 13.8. The van der Waals surface area contributed by atoms with Gasteiger partial charge in [0.15, 0.2) is 0 Å². The standard InChI is InChI=1S/C20H20N2O2/c1-14(2)18-19(23)21-17(15-9-5-3-6-10-15)13-22(18)20(24)16-11-7-4-8-12-16/h3-14,18H,1-2H3,(H,21,23). The van der Waals surface area contributed by atoms with E-state index in [-0.39, 0.29) is 17.7 Å². The molecule has 1 N–H and O–H groups in total. The molecule has 4 nitrogen and oxygen atoms in total. The number of benzene rings is 2. The summed E-state index contributed by atoms with van der Waals surface area (Å²) in [6.07, 6.45) is 1.75. The number of carbonyl (C=O) groups is 2. The van der Waals surface area contributed by atoms with E-state index in [1.165, 1.54) is 0 Å². The van der Waals surface area contributed by atoms with Crippen molar-refractivity contribution in [3.05, 3.63) is 78.0 Å². The van der Waals surface area contributed by atoms with Crippen LogP contribution in [0.25, 0.3) is 5.70 Å². The number of hydrogen-bond donors (Lipinski definition) is 1. The molecule has 0 radical (unpaired) electrons. The number of nitrogens with one attached hydrogen (secondary N) is 1. The largest absolute Gasteiger partial charge is 0.322 e. The van der Waals surface area contributed by atoms with Gasteiger partial charge in [-0.25, -0.2) is 0 Å². The van der Waals surface area contributed by atoms with Crippen LogP contribution in [0.1, 0.15) is 29.8 Å². The van der Waals surface area contributed by atoms with Crippen molar-refractivity contribution in [1.29, 1.82) is 0 Å². The molecule has 0 aromatic heterocycles. The van der Waals surface area contributed by atoms with Crippen LogP contribution < -0.4 is 5.32 Å². The lowest BCUT2D eigenvalue weighted by Gasteiger charge is -2.35. The average molecular weight is 320 g/mol. The van der Waals surface area contributed by atoms with E-state index in [0.29, 0.717) is 11.3 Å². The second-order valence-corrected chi connectivity index (χ2v) is 6.17. The molecule has 0 saturated heterocycles. The molecule has 1 heterocycles. The first-order valence-electron chi connectivity index (χ1n) is 8.04. The third-order valence-corrected chi connectivity index (χ3v) is 4.07. The average Bonchev–Trinajstić information content (AvgIpc) is 2.61. The van der Waals surface area contributed by atoms with E-state index in [4.69, 9.17) is 0 Å². The Morgan fingerprint density at radius 2 is 1.58 bits per heavy atom. The van der Waals surface area contributed by atoms with Gasteiger partial charge in [-0.2, -0.15) is 0 Å². The van der Waals surface area contributed by atoms with Crippen LogP contribution in [0.3, 0.4) is 0 Å². The van der Waals surface area contributed by atoms with E-state index in [1.54, 1.807) is 23.2 Å². The van der Waals surface area contributed by atoms with Crippen LogP contribution >= 0.6 is 0 Å². The molecule has 0 fully saturated rings. The highest BCUT2D eigenvalue weighted by molar-refractivity contribution is 6.02. The number of amides is 2. The summed E-state index contributed by atoms with van der Waals surface area (Å²) in [5.74, 6) is -0.320. The van der Waals surface area contributed by atoms with E-state index < -0.39 is 6.04 Å². The van der Waals surface area contributed by atoms with Gasteiger partial charge in [-0.05, 0) is 23.6 Å². The van der Waals surface area contributed by atoms with Crippen molar-refractivity contribution in [2.45, 2.75) is 19.9 Å². The maximum Gasteiger partial charge on any atom is 0.258 e. The highest BCUT2D eigenvalue weighted by Gasteiger charge is 2.36. The van der Waals surface area contributed by atoms with Crippen molar-refractivity contribution in [2.75, 3.05) is 0 Å². The van der Waals surface area contributed by atoms with E-state index in [0.717, 1.165) is 5.56 Å². The second kappa shape index (κ2) is 6.71. The maximum atomic E-state index is 12.9. The van der Waals surface area contributed by atoms with E-state index in [9.17, 15) is 9.59 Å². The Balaban J connectivity index is 2.03. The number of hydrogen-bond acceptors (Lipinski definition) is 2. The van der Waals surface area contributed by atoms with Gasteiger partial charge >= 0.3 is 0 Å². The topological polar surface area (TPSA) is 49.4 Å². The van der Waals surface area contributed by atoms with Gasteiger partial charge in [0.25, 0.3) is 5.91 Å². The molecule has 0 aliphatic carbocycles. The van der Waals surface area contributed by atoms with Crippen molar-refractivity contribution in [3.8, 4) is 0 Å². The molecule has 122 valence electrons. The molecule has 1 atom stereocenters. The predicted octanol–water partition coefficient (Wildman–Crippen LogP) is 3.28. The van der Waals surface area contributed by atoms with E-state index in [2.05, 4.69) is 5.32 Å². The Labute approximate surface area is 141 Å². The highest BCUT2D eigenvalue weighted by atomic mass is 16.2. The summed E-state index contributed by atoms with van der Waals surface area (Å²) in [4.78, 5) is 27.1. The minimum absolute atomic E-state index is 0.00577. The van der Waals surface area contributed by atoms with Crippen molar-refractivity contribution < 1.29 is 9.59 Å². The fraction of sp³-hybridized carbons (Fsp3) is 0.200. The van der Waals surface area contributed by atoms with Gasteiger partial charge in [-0.15, -0.1) is 0 Å². The molecule has 2 aromatic carbocycles. The van der Waals surface area contributed by atoms with Crippen molar-refractivity contribution >= 4 is 17.5 Å². The molecule has 1 aliphatic heterocycles. The summed E-state index contributed by atoms with van der Waals surface area (Å²) in [5.41, 5.74) is 2.09. The number of rotatable bonds is 3. The molecular formula is C20H20N2O2. The van der Waals surface area contributed by atoms with Crippen LogP contribution in [-0.4, -0.2) is 22.8 Å². The first-order chi connectivity index (χ1) is 11.6. The first kappa shape index (κ1) is 16.0. The second-order valence-electron chi connectivity index (χ2n) is 6.17. The molecule has 4 heteroatoms. The summed E-state index contributed by atoms with van der Waals surface area (Å²) in [7, 11) is 0. The molecular weight excluding hydrogens is 300 g/mol. The van der Waals surface area contributed by atoms with Gasteiger partial charge in [0.1, 0.15) is 6.04 Å². The normalized spacial score (nSPS) is 17.5. The molecule has 0 saturated carbocycles. The molecule has 3 rings (SSSR count). The van der Waals surface area contributed by atoms with Gasteiger partial charge in [0, 0.05) is 11.8 Å². The fourth-order valence-electron chi connectivity index (χ4n) is 2.89. The molecule has 2 aromatic rings. The Kier molecular flexibility index (Phi) is 4.47. The van der Waals surface area contributed by atoms with E-state index in [1.807, 2.05) is 62.4 Å². The monoisotopic (exact) mass is 320 g/mol. The molecule has 1 aliphatic rings. The summed E-state index contributed by atoms with van der Waals surface area (Å²) < 4.78 is 0. The quantitative estimate of drug-likeness (QED) is 0.943. The van der Waals surface area contributed by atoms with Gasteiger partial charge < -0.3 is 10.2 Å². The Bertz CT molecular complexity index is 767. The van der Waals surface area contributed by atoms with Gasteiger partial charge in [0.05, 0.1) is 5.70 Å². The minimum Gasteiger partial charge on any atom is -0.322 e. The van der Waals surface area contributed by atoms with Crippen molar-refractivity contribution in [3.63, 3.8) is 0 Å². The summed E-state index contributed by atoms with van der Waals surface area (Å²) in [5, 5.41) is 2.93. The SMILES string of the molecule is CC(C)C1C(=O)NC(c2ccccc2)=CN1C(=O)c1ccccc1. The minimum atomic E-state index is -0.523. The lowest BCUT2D eigenvalue weighted by atomic mass is 9.98. The smallest absolute Gasteiger partial charge is 0.258 e. The van der Waals surface area contributed by atoms with Crippen molar-refractivity contribution in [2.24, 2.45) is 5.92 Å². The third-order valence-electron chi connectivity index (χ3n) is 4.07. The number of nitrogens with zero attached hydrogens (tertiary/aromatic N) is 1. The van der Waals surface area contributed by atoms with Crippen LogP contribution in [0, 0.1) is 5.92 Å². The highest BCUT2D eigenvalue weighted by Crippen LogP contribution is 2.24. The van der Waals surface area contributed by atoms with Crippen LogP contribution in [-0.2, 0) is 4.79 Å². The zero-order chi connectivity index (χ0) is 17.1. The molecule has 1 unspecified atom stereocenters. The lowest BCUT2D eigenvalue weighted by Crippen LogP contribution is -2.53. The Morgan fingerprint density at radius 1 is 1.00 bits per heavy atom. The van der Waals surface area contributed by atoms with Crippen molar-refractivity contribution in [1.82, 2.24) is 10.2 Å². The summed E-state index contributed by atoms with van der Waals surface area (Å²) in [6.45, 7) is 3.88.